The summed E-state index contributed by atoms with van der Waals surface area (Å²) in [6.07, 6.45) is -1.42. The van der Waals surface area contributed by atoms with E-state index in [0.29, 0.717) is 18.4 Å². The van der Waals surface area contributed by atoms with E-state index in [1.807, 2.05) is 0 Å². The van der Waals surface area contributed by atoms with Crippen LogP contribution in [0.4, 0.5) is 0 Å². The molecule has 0 aliphatic carbocycles. The molecule has 0 saturated heterocycles. The normalized spacial score (nSPS) is 13.7. The Morgan fingerprint density at radius 1 is 1.15 bits per heavy atom. The Morgan fingerprint density at radius 2 is 1.75 bits per heavy atom. The van der Waals surface area contributed by atoms with Crippen LogP contribution >= 0.6 is 0 Å². The average molecular weight is 281 g/mol. The van der Waals surface area contributed by atoms with Crippen molar-refractivity contribution >= 4 is 11.9 Å². The van der Waals surface area contributed by atoms with Crippen molar-refractivity contribution in [1.82, 2.24) is 0 Å². The molecule has 1 aromatic carbocycles. The van der Waals surface area contributed by atoms with Crippen molar-refractivity contribution in [3.8, 4) is 0 Å². The number of nitrogens with two attached hydrogens (primary N) is 1. The molecule has 0 saturated carbocycles. The SMILES string of the molecule is NC(=O)CC(O)C(O)c1ccc(CCCC(=O)O)cc1. The minimum Gasteiger partial charge on any atom is -0.481 e. The molecule has 0 aliphatic rings. The number of rotatable bonds is 8. The van der Waals surface area contributed by atoms with Gasteiger partial charge in [0.2, 0.25) is 5.91 Å². The number of hydrogen-bond acceptors (Lipinski definition) is 4. The van der Waals surface area contributed by atoms with E-state index in [4.69, 9.17) is 10.8 Å². The highest BCUT2D eigenvalue weighted by molar-refractivity contribution is 5.74. The lowest BCUT2D eigenvalue weighted by Gasteiger charge is -2.17. The van der Waals surface area contributed by atoms with Gasteiger partial charge in [-0.25, -0.2) is 0 Å². The van der Waals surface area contributed by atoms with Gasteiger partial charge in [0.15, 0.2) is 0 Å². The van der Waals surface area contributed by atoms with E-state index in [9.17, 15) is 19.8 Å². The molecular formula is C14H19NO5. The summed E-state index contributed by atoms with van der Waals surface area (Å²) in [6.45, 7) is 0. The van der Waals surface area contributed by atoms with Gasteiger partial charge in [-0.05, 0) is 24.0 Å². The zero-order valence-corrected chi connectivity index (χ0v) is 11.0. The third-order valence-electron chi connectivity index (χ3n) is 2.95. The minimum atomic E-state index is -1.23. The van der Waals surface area contributed by atoms with E-state index in [2.05, 4.69) is 0 Å². The van der Waals surface area contributed by atoms with Crippen molar-refractivity contribution in [2.75, 3.05) is 0 Å². The van der Waals surface area contributed by atoms with Gasteiger partial charge in [-0.1, -0.05) is 24.3 Å². The van der Waals surface area contributed by atoms with Crippen LogP contribution in [0.1, 0.15) is 36.5 Å². The quantitative estimate of drug-likeness (QED) is 0.548. The third-order valence-corrected chi connectivity index (χ3v) is 2.95. The molecule has 5 N–H and O–H groups in total. The fourth-order valence-electron chi connectivity index (χ4n) is 1.87. The van der Waals surface area contributed by atoms with E-state index < -0.39 is 24.1 Å². The summed E-state index contributed by atoms with van der Waals surface area (Å²) in [5.41, 5.74) is 6.39. The van der Waals surface area contributed by atoms with E-state index in [1.54, 1.807) is 24.3 Å². The fraction of sp³-hybridized carbons (Fsp3) is 0.429. The van der Waals surface area contributed by atoms with Crippen LogP contribution in [-0.4, -0.2) is 33.3 Å². The highest BCUT2D eigenvalue weighted by Gasteiger charge is 2.20. The third kappa shape index (κ3) is 5.38. The van der Waals surface area contributed by atoms with Gasteiger partial charge in [0.05, 0.1) is 12.5 Å². The van der Waals surface area contributed by atoms with E-state index in [1.165, 1.54) is 0 Å². The lowest BCUT2D eigenvalue weighted by Crippen LogP contribution is -2.25. The van der Waals surface area contributed by atoms with Crippen molar-refractivity contribution in [3.05, 3.63) is 35.4 Å². The summed E-state index contributed by atoms with van der Waals surface area (Å²) in [5.74, 6) is -1.51. The smallest absolute Gasteiger partial charge is 0.303 e. The maximum absolute atomic E-state index is 10.7. The monoisotopic (exact) mass is 281 g/mol. The lowest BCUT2D eigenvalue weighted by atomic mass is 9.99. The molecule has 0 fully saturated rings. The van der Waals surface area contributed by atoms with Crippen LogP contribution in [-0.2, 0) is 16.0 Å². The first-order chi connectivity index (χ1) is 9.40. The van der Waals surface area contributed by atoms with Crippen LogP contribution in [0.3, 0.4) is 0 Å². The molecular weight excluding hydrogens is 262 g/mol. The first-order valence-corrected chi connectivity index (χ1v) is 6.35. The largest absolute Gasteiger partial charge is 0.481 e. The Hall–Kier alpha value is -1.92. The Morgan fingerprint density at radius 3 is 2.25 bits per heavy atom. The number of carbonyl (C=O) groups excluding carboxylic acids is 1. The van der Waals surface area contributed by atoms with Crippen molar-refractivity contribution in [1.29, 1.82) is 0 Å². The molecule has 6 nitrogen and oxygen atoms in total. The maximum atomic E-state index is 10.7. The number of benzene rings is 1. The number of aliphatic carboxylic acids is 1. The summed E-state index contributed by atoms with van der Waals surface area (Å²) in [7, 11) is 0. The molecule has 6 heteroatoms. The van der Waals surface area contributed by atoms with Crippen LogP contribution < -0.4 is 5.73 Å². The average Bonchev–Trinajstić information content (AvgIpc) is 2.37. The first kappa shape index (κ1) is 16.1. The van der Waals surface area contributed by atoms with Gasteiger partial charge in [0, 0.05) is 6.42 Å². The fourth-order valence-corrected chi connectivity index (χ4v) is 1.87. The van der Waals surface area contributed by atoms with E-state index in [-0.39, 0.29) is 12.8 Å². The van der Waals surface area contributed by atoms with Crippen molar-refractivity contribution in [2.24, 2.45) is 5.73 Å². The Bertz CT molecular complexity index is 457. The summed E-state index contributed by atoms with van der Waals surface area (Å²) < 4.78 is 0. The molecule has 1 rings (SSSR count). The van der Waals surface area contributed by atoms with Gasteiger partial charge < -0.3 is 21.1 Å². The van der Waals surface area contributed by atoms with Gasteiger partial charge in [-0.2, -0.15) is 0 Å². The molecule has 0 bridgehead atoms. The summed E-state index contributed by atoms with van der Waals surface area (Å²) in [5, 5.41) is 28.0. The second-order valence-corrected chi connectivity index (χ2v) is 4.67. The van der Waals surface area contributed by atoms with Gasteiger partial charge in [0.1, 0.15) is 6.10 Å². The van der Waals surface area contributed by atoms with E-state index >= 15 is 0 Å². The Balaban J connectivity index is 2.56. The summed E-state index contributed by atoms with van der Waals surface area (Å²) in [4.78, 5) is 21.1. The number of amides is 1. The van der Waals surface area contributed by atoms with Crippen molar-refractivity contribution in [3.63, 3.8) is 0 Å². The number of aryl methyl sites for hydroxylation is 1. The lowest BCUT2D eigenvalue weighted by molar-refractivity contribution is -0.137. The number of primary amides is 1. The maximum Gasteiger partial charge on any atom is 0.303 e. The molecule has 0 radical (unpaired) electrons. The number of carbonyl (C=O) groups is 2. The second kappa shape index (κ2) is 7.62. The standard InChI is InChI=1S/C14H19NO5/c15-12(17)8-11(16)14(20)10-6-4-9(5-7-10)2-1-3-13(18)19/h4-7,11,14,16,20H,1-3,8H2,(H2,15,17)(H,18,19). The van der Waals surface area contributed by atoms with Crippen molar-refractivity contribution < 1.29 is 24.9 Å². The zero-order chi connectivity index (χ0) is 15.1. The number of aliphatic hydroxyl groups is 2. The number of hydrogen-bond donors (Lipinski definition) is 4. The molecule has 0 aromatic heterocycles. The molecule has 2 unspecified atom stereocenters. The predicted molar refractivity (Wildman–Crippen MR) is 71.8 cm³/mol. The zero-order valence-electron chi connectivity index (χ0n) is 11.0. The topological polar surface area (TPSA) is 121 Å². The Kier molecular flexibility index (Phi) is 6.14. The molecule has 1 amide bonds. The highest BCUT2D eigenvalue weighted by atomic mass is 16.4. The number of carboxylic acid groups (broad SMARTS) is 1. The van der Waals surface area contributed by atoms with Crippen LogP contribution in [0, 0.1) is 0 Å². The molecule has 110 valence electrons. The predicted octanol–water partition coefficient (Wildman–Crippen LogP) is 0.364. The van der Waals surface area contributed by atoms with Crippen LogP contribution in [0.5, 0.6) is 0 Å². The van der Waals surface area contributed by atoms with Gasteiger partial charge in [0.25, 0.3) is 0 Å². The van der Waals surface area contributed by atoms with E-state index in [0.717, 1.165) is 5.56 Å². The molecule has 1 aromatic rings. The van der Waals surface area contributed by atoms with Gasteiger partial charge >= 0.3 is 5.97 Å². The highest BCUT2D eigenvalue weighted by Crippen LogP contribution is 2.20. The van der Waals surface area contributed by atoms with Crippen molar-refractivity contribution in [2.45, 2.75) is 37.9 Å². The molecule has 2 atom stereocenters. The summed E-state index contributed by atoms with van der Waals surface area (Å²) in [6, 6.07) is 6.81. The van der Waals surface area contributed by atoms with Crippen LogP contribution in [0.15, 0.2) is 24.3 Å². The molecule has 0 aliphatic heterocycles. The van der Waals surface area contributed by atoms with Crippen LogP contribution in [0.2, 0.25) is 0 Å². The minimum absolute atomic E-state index is 0.113. The van der Waals surface area contributed by atoms with Crippen LogP contribution in [0.25, 0.3) is 0 Å². The van der Waals surface area contributed by atoms with Gasteiger partial charge in [-0.15, -0.1) is 0 Å². The Labute approximate surface area is 116 Å². The number of carboxylic acids is 1. The number of aliphatic hydroxyl groups excluding tert-OH is 2. The first-order valence-electron chi connectivity index (χ1n) is 6.35. The molecule has 0 heterocycles. The molecule has 0 spiro atoms. The summed E-state index contributed by atoms with van der Waals surface area (Å²) >= 11 is 0. The second-order valence-electron chi connectivity index (χ2n) is 4.67. The molecule has 20 heavy (non-hydrogen) atoms. The van der Waals surface area contributed by atoms with Gasteiger partial charge in [-0.3, -0.25) is 9.59 Å².